The summed E-state index contributed by atoms with van der Waals surface area (Å²) in [6.45, 7) is 4.16. The first-order valence-electron chi connectivity index (χ1n) is 10.8. The van der Waals surface area contributed by atoms with E-state index in [-0.39, 0.29) is 23.6 Å². The van der Waals surface area contributed by atoms with E-state index in [9.17, 15) is 9.59 Å². The average molecular weight is 473 g/mol. The van der Waals surface area contributed by atoms with Crippen molar-refractivity contribution in [2.45, 2.75) is 26.5 Å². The summed E-state index contributed by atoms with van der Waals surface area (Å²) in [5, 5.41) is 14.6. The Labute approximate surface area is 201 Å². The second-order valence-electron chi connectivity index (χ2n) is 7.74. The Morgan fingerprint density at radius 3 is 2.47 bits per heavy atom. The van der Waals surface area contributed by atoms with Crippen molar-refractivity contribution < 1.29 is 14.3 Å². The van der Waals surface area contributed by atoms with Gasteiger partial charge in [-0.3, -0.25) is 9.59 Å². The van der Waals surface area contributed by atoms with Crippen molar-refractivity contribution >= 4 is 28.8 Å². The van der Waals surface area contributed by atoms with Gasteiger partial charge in [-0.25, -0.2) is 0 Å². The molecule has 0 spiro atoms. The Kier molecular flexibility index (Phi) is 7.29. The Bertz CT molecular complexity index is 1270. The van der Waals surface area contributed by atoms with Crippen LogP contribution in [0.1, 0.15) is 49.3 Å². The molecular weight excluding hydrogens is 448 g/mol. The minimum Gasteiger partial charge on any atom is -0.486 e. The van der Waals surface area contributed by atoms with Crippen LogP contribution in [0.15, 0.2) is 78.9 Å². The van der Waals surface area contributed by atoms with Crippen molar-refractivity contribution in [3.63, 3.8) is 0 Å². The molecule has 0 fully saturated rings. The Morgan fingerprint density at radius 1 is 0.941 bits per heavy atom. The van der Waals surface area contributed by atoms with Crippen molar-refractivity contribution in [1.82, 2.24) is 15.5 Å². The maximum absolute atomic E-state index is 12.7. The van der Waals surface area contributed by atoms with Gasteiger partial charge in [0.25, 0.3) is 11.8 Å². The first-order valence-corrected chi connectivity index (χ1v) is 11.6. The molecule has 172 valence electrons. The van der Waals surface area contributed by atoms with E-state index in [1.54, 1.807) is 24.3 Å². The van der Waals surface area contributed by atoms with Gasteiger partial charge < -0.3 is 15.4 Å². The number of benzene rings is 3. The predicted molar refractivity (Wildman–Crippen MR) is 132 cm³/mol. The second-order valence-corrected chi connectivity index (χ2v) is 8.81. The largest absolute Gasteiger partial charge is 0.486 e. The van der Waals surface area contributed by atoms with Crippen molar-refractivity contribution in [3.8, 4) is 5.75 Å². The molecule has 7 nitrogen and oxygen atoms in total. The van der Waals surface area contributed by atoms with E-state index >= 15 is 0 Å². The first-order chi connectivity index (χ1) is 16.5. The molecule has 2 N–H and O–H groups in total. The second kappa shape index (κ2) is 10.7. The fraction of sp³-hybridized carbons (Fsp3) is 0.154. The monoisotopic (exact) mass is 472 g/mol. The molecule has 4 aromatic rings. The molecule has 8 heteroatoms. The van der Waals surface area contributed by atoms with Crippen LogP contribution < -0.4 is 15.4 Å². The lowest BCUT2D eigenvalue weighted by Crippen LogP contribution is -2.26. The van der Waals surface area contributed by atoms with Gasteiger partial charge in [-0.2, -0.15) is 0 Å². The standard InChI is InChI=1S/C26H24N4O3S/c1-17-11-13-22(14-12-17)33-16-23-29-30-26(34-23)25(32)28-21-10-6-9-20(15-21)24(31)27-18(2)19-7-4-3-5-8-19/h3-15,18H,16H2,1-2H3,(H,27,31)(H,28,32)/t18-/m0/s1. The third-order valence-electron chi connectivity index (χ3n) is 5.07. The fourth-order valence-electron chi connectivity index (χ4n) is 3.21. The SMILES string of the molecule is Cc1ccc(OCc2nnc(C(=O)Nc3cccc(C(=O)N[C@@H](C)c4ccccc4)c3)s2)cc1. The average Bonchev–Trinajstić information content (AvgIpc) is 3.34. The predicted octanol–water partition coefficient (Wildman–Crippen LogP) is 5.17. The van der Waals surface area contributed by atoms with Crippen LogP contribution in [0.5, 0.6) is 5.75 Å². The molecular formula is C26H24N4O3S. The van der Waals surface area contributed by atoms with E-state index in [4.69, 9.17) is 4.74 Å². The van der Waals surface area contributed by atoms with Crippen LogP contribution in [0.2, 0.25) is 0 Å². The highest BCUT2D eigenvalue weighted by Crippen LogP contribution is 2.19. The number of rotatable bonds is 8. The van der Waals surface area contributed by atoms with Crippen LogP contribution in [-0.2, 0) is 6.61 Å². The molecule has 4 rings (SSSR count). The topological polar surface area (TPSA) is 93.2 Å². The summed E-state index contributed by atoms with van der Waals surface area (Å²) < 4.78 is 5.70. The number of hydrogen-bond donors (Lipinski definition) is 2. The number of nitrogens with one attached hydrogen (secondary N) is 2. The number of aryl methyl sites for hydroxylation is 1. The van der Waals surface area contributed by atoms with Gasteiger partial charge in [-0.1, -0.05) is 65.4 Å². The molecule has 0 saturated heterocycles. The zero-order chi connectivity index (χ0) is 23.9. The van der Waals surface area contributed by atoms with Gasteiger partial charge in [-0.15, -0.1) is 10.2 Å². The first kappa shape index (κ1) is 23.1. The van der Waals surface area contributed by atoms with Gasteiger partial charge in [-0.05, 0) is 49.7 Å². The van der Waals surface area contributed by atoms with Crippen molar-refractivity contribution in [3.05, 3.63) is 106 Å². The smallest absolute Gasteiger partial charge is 0.286 e. The van der Waals surface area contributed by atoms with Gasteiger partial charge in [0.2, 0.25) is 5.01 Å². The highest BCUT2D eigenvalue weighted by Gasteiger charge is 2.16. The molecule has 0 bridgehead atoms. The van der Waals surface area contributed by atoms with E-state index < -0.39 is 5.91 Å². The zero-order valence-corrected chi connectivity index (χ0v) is 19.6. The third-order valence-corrected chi connectivity index (χ3v) is 5.97. The lowest BCUT2D eigenvalue weighted by molar-refractivity contribution is 0.0938. The summed E-state index contributed by atoms with van der Waals surface area (Å²) in [7, 11) is 0. The molecule has 0 aliphatic rings. The van der Waals surface area contributed by atoms with Crippen LogP contribution in [0, 0.1) is 6.92 Å². The maximum Gasteiger partial charge on any atom is 0.286 e. The number of aromatic nitrogens is 2. The number of nitrogens with zero attached hydrogens (tertiary/aromatic N) is 2. The van der Waals surface area contributed by atoms with E-state index in [0.29, 0.717) is 16.3 Å². The normalized spacial score (nSPS) is 11.5. The summed E-state index contributed by atoms with van der Waals surface area (Å²) in [5.74, 6) is 0.108. The van der Waals surface area contributed by atoms with E-state index in [1.807, 2.05) is 68.4 Å². The third kappa shape index (κ3) is 6.05. The molecule has 0 aliphatic heterocycles. The highest BCUT2D eigenvalue weighted by molar-refractivity contribution is 7.13. The van der Waals surface area contributed by atoms with Crippen molar-refractivity contribution in [2.75, 3.05) is 5.32 Å². The van der Waals surface area contributed by atoms with Crippen LogP contribution in [0.3, 0.4) is 0 Å². The molecule has 0 radical (unpaired) electrons. The Hall–Kier alpha value is -4.04. The van der Waals surface area contributed by atoms with Crippen molar-refractivity contribution in [2.24, 2.45) is 0 Å². The Morgan fingerprint density at radius 2 is 1.71 bits per heavy atom. The number of anilines is 1. The van der Waals surface area contributed by atoms with E-state index in [2.05, 4.69) is 20.8 Å². The molecule has 0 unspecified atom stereocenters. The number of carbonyl (C=O) groups is 2. The van der Waals surface area contributed by atoms with E-state index in [0.717, 1.165) is 28.2 Å². The van der Waals surface area contributed by atoms with Crippen LogP contribution in [0.4, 0.5) is 5.69 Å². The molecule has 1 heterocycles. The quantitative estimate of drug-likeness (QED) is 0.369. The number of ether oxygens (including phenoxy) is 1. The minimum atomic E-state index is -0.394. The highest BCUT2D eigenvalue weighted by atomic mass is 32.1. The molecule has 0 aliphatic carbocycles. The van der Waals surface area contributed by atoms with Gasteiger partial charge >= 0.3 is 0 Å². The zero-order valence-electron chi connectivity index (χ0n) is 18.8. The van der Waals surface area contributed by atoms with Gasteiger partial charge in [0.05, 0.1) is 6.04 Å². The summed E-state index contributed by atoms with van der Waals surface area (Å²) >= 11 is 1.16. The lowest BCUT2D eigenvalue weighted by atomic mass is 10.1. The van der Waals surface area contributed by atoms with Crippen LogP contribution >= 0.6 is 11.3 Å². The molecule has 2 amide bonds. The molecule has 0 saturated carbocycles. The van der Waals surface area contributed by atoms with Gasteiger partial charge in [0, 0.05) is 11.3 Å². The minimum absolute atomic E-state index is 0.145. The van der Waals surface area contributed by atoms with Gasteiger partial charge in [0.15, 0.2) is 5.01 Å². The summed E-state index contributed by atoms with van der Waals surface area (Å²) in [4.78, 5) is 25.3. The van der Waals surface area contributed by atoms with Crippen molar-refractivity contribution in [1.29, 1.82) is 0 Å². The Balaban J connectivity index is 1.35. The fourth-order valence-corrected chi connectivity index (χ4v) is 3.86. The maximum atomic E-state index is 12.7. The summed E-state index contributed by atoms with van der Waals surface area (Å²) in [6.07, 6.45) is 0. The molecule has 3 aromatic carbocycles. The number of carbonyl (C=O) groups excluding carboxylic acids is 2. The van der Waals surface area contributed by atoms with E-state index in [1.165, 1.54) is 0 Å². The number of hydrogen-bond acceptors (Lipinski definition) is 6. The lowest BCUT2D eigenvalue weighted by Gasteiger charge is -2.14. The molecule has 1 atom stereocenters. The van der Waals surface area contributed by atoms with Gasteiger partial charge in [0.1, 0.15) is 12.4 Å². The number of amides is 2. The molecule has 34 heavy (non-hydrogen) atoms. The summed E-state index contributed by atoms with van der Waals surface area (Å²) in [5.41, 5.74) is 3.11. The van der Waals surface area contributed by atoms with Crippen LogP contribution in [-0.4, -0.2) is 22.0 Å². The van der Waals surface area contributed by atoms with Crippen LogP contribution in [0.25, 0.3) is 0 Å². The summed E-state index contributed by atoms with van der Waals surface area (Å²) in [6, 6.07) is 24.0. The molecule has 1 aromatic heterocycles.